The van der Waals surface area contributed by atoms with E-state index in [0.29, 0.717) is 12.1 Å². The van der Waals surface area contributed by atoms with E-state index in [1.807, 2.05) is 32.0 Å². The van der Waals surface area contributed by atoms with Crippen LogP contribution in [0, 0.1) is 12.8 Å². The summed E-state index contributed by atoms with van der Waals surface area (Å²) in [5, 5.41) is 0.753. The molecule has 0 bridgehead atoms. The van der Waals surface area contributed by atoms with Crippen molar-refractivity contribution in [2.45, 2.75) is 32.2 Å². The largest absolute Gasteiger partial charge is 0.573 e. The van der Waals surface area contributed by atoms with Gasteiger partial charge in [-0.05, 0) is 55.2 Å². The molecule has 3 aromatic rings. The third kappa shape index (κ3) is 2.91. The Morgan fingerprint density at radius 1 is 1.09 bits per heavy atom. The van der Waals surface area contributed by atoms with Crippen molar-refractivity contribution in [1.29, 1.82) is 0 Å². The number of para-hydroxylation sites is 1. The molecule has 2 heterocycles. The number of nitrogens with zero attached hydrogens (tertiary/aromatic N) is 3. The molecule has 2 aromatic carbocycles. The van der Waals surface area contributed by atoms with E-state index in [2.05, 4.69) is 9.72 Å². The van der Waals surface area contributed by atoms with Crippen LogP contribution in [-0.2, 0) is 4.79 Å². The number of carbonyl (C=O) groups is 2. The van der Waals surface area contributed by atoms with Crippen molar-refractivity contribution in [3.05, 3.63) is 60.3 Å². The Morgan fingerprint density at radius 3 is 2.41 bits per heavy atom. The minimum absolute atomic E-state index is 0.0650. The molecule has 5 rings (SSSR count). The van der Waals surface area contributed by atoms with Crippen LogP contribution in [0.2, 0.25) is 0 Å². The maximum absolute atomic E-state index is 13.6. The Morgan fingerprint density at radius 2 is 1.78 bits per heavy atom. The van der Waals surface area contributed by atoms with E-state index in [4.69, 9.17) is 0 Å². The molecular formula is C23H18F3N3O3. The average molecular weight is 441 g/mol. The molecule has 164 valence electrons. The van der Waals surface area contributed by atoms with Gasteiger partial charge in [-0.3, -0.25) is 14.7 Å². The Balaban J connectivity index is 1.58. The molecule has 6 nitrogen and oxygen atoms in total. The van der Waals surface area contributed by atoms with Crippen LogP contribution < -0.4 is 14.5 Å². The number of amides is 3. The van der Waals surface area contributed by atoms with Crippen LogP contribution in [-0.4, -0.2) is 28.8 Å². The van der Waals surface area contributed by atoms with Gasteiger partial charge in [0.25, 0.3) is 5.91 Å². The summed E-state index contributed by atoms with van der Waals surface area (Å²) in [5.41, 5.74) is 1.43. The zero-order valence-corrected chi connectivity index (χ0v) is 17.2. The molecular weight excluding hydrogens is 423 g/mol. The summed E-state index contributed by atoms with van der Waals surface area (Å²) in [5.74, 6) is -0.885. The van der Waals surface area contributed by atoms with E-state index < -0.39 is 29.6 Å². The smallest absolute Gasteiger partial charge is 0.406 e. The summed E-state index contributed by atoms with van der Waals surface area (Å²) >= 11 is 0. The van der Waals surface area contributed by atoms with E-state index in [9.17, 15) is 22.8 Å². The number of anilines is 2. The molecule has 0 radical (unpaired) electrons. The fraction of sp³-hybridized carbons (Fsp3) is 0.261. The lowest BCUT2D eigenvalue weighted by Crippen LogP contribution is -2.39. The van der Waals surface area contributed by atoms with Crippen molar-refractivity contribution in [3.63, 3.8) is 0 Å². The van der Waals surface area contributed by atoms with Gasteiger partial charge in [0, 0.05) is 11.6 Å². The number of urea groups is 1. The first-order chi connectivity index (χ1) is 15.1. The summed E-state index contributed by atoms with van der Waals surface area (Å²) in [6, 6.07) is 11.5. The lowest BCUT2D eigenvalue weighted by Gasteiger charge is -2.24. The molecule has 1 aromatic heterocycles. The van der Waals surface area contributed by atoms with Crippen LogP contribution in [0.25, 0.3) is 10.9 Å². The van der Waals surface area contributed by atoms with Crippen molar-refractivity contribution in [3.8, 4) is 5.75 Å². The fourth-order valence-corrected chi connectivity index (χ4v) is 4.51. The number of pyridine rings is 1. The quantitative estimate of drug-likeness (QED) is 0.525. The second-order valence-corrected chi connectivity index (χ2v) is 8.13. The van der Waals surface area contributed by atoms with Crippen molar-refractivity contribution in [2.75, 3.05) is 9.80 Å². The van der Waals surface area contributed by atoms with Crippen LogP contribution in [0.4, 0.5) is 29.3 Å². The highest BCUT2D eigenvalue weighted by atomic mass is 19.4. The zero-order chi connectivity index (χ0) is 22.8. The topological polar surface area (TPSA) is 62.7 Å². The molecule has 1 spiro atoms. The highest BCUT2D eigenvalue weighted by molar-refractivity contribution is 6.33. The normalized spacial score (nSPS) is 22.8. The van der Waals surface area contributed by atoms with Gasteiger partial charge in [0.1, 0.15) is 11.3 Å². The molecule has 1 aliphatic carbocycles. The van der Waals surface area contributed by atoms with Crippen LogP contribution in [0.3, 0.4) is 0 Å². The van der Waals surface area contributed by atoms with Gasteiger partial charge in [0.2, 0.25) is 0 Å². The zero-order valence-electron chi connectivity index (χ0n) is 17.2. The van der Waals surface area contributed by atoms with Crippen LogP contribution in [0.15, 0.2) is 54.7 Å². The van der Waals surface area contributed by atoms with E-state index in [1.165, 1.54) is 17.0 Å². The summed E-state index contributed by atoms with van der Waals surface area (Å²) in [4.78, 5) is 34.0. The monoisotopic (exact) mass is 441 g/mol. The molecule has 1 saturated heterocycles. The summed E-state index contributed by atoms with van der Waals surface area (Å²) in [6.07, 6.45) is -2.72. The summed E-state index contributed by atoms with van der Waals surface area (Å²) in [6.45, 7) is 3.82. The molecule has 32 heavy (non-hydrogen) atoms. The fourth-order valence-electron chi connectivity index (χ4n) is 4.51. The molecule has 1 saturated carbocycles. The van der Waals surface area contributed by atoms with Gasteiger partial charge in [-0.2, -0.15) is 0 Å². The maximum atomic E-state index is 13.6. The van der Waals surface area contributed by atoms with Crippen molar-refractivity contribution in [1.82, 2.24) is 4.98 Å². The minimum atomic E-state index is -4.83. The van der Waals surface area contributed by atoms with Gasteiger partial charge in [0.05, 0.1) is 16.9 Å². The average Bonchev–Trinajstić information content (AvgIpc) is 3.34. The minimum Gasteiger partial charge on any atom is -0.406 e. The summed E-state index contributed by atoms with van der Waals surface area (Å²) in [7, 11) is 0. The van der Waals surface area contributed by atoms with Crippen molar-refractivity contribution >= 4 is 34.2 Å². The number of benzene rings is 2. The van der Waals surface area contributed by atoms with Crippen LogP contribution >= 0.6 is 0 Å². The van der Waals surface area contributed by atoms with Gasteiger partial charge in [0.15, 0.2) is 0 Å². The number of aromatic nitrogens is 1. The van der Waals surface area contributed by atoms with E-state index in [-0.39, 0.29) is 11.6 Å². The molecule has 3 amide bonds. The Hall–Kier alpha value is -3.62. The molecule has 2 unspecified atom stereocenters. The predicted molar refractivity (Wildman–Crippen MR) is 111 cm³/mol. The number of rotatable bonds is 3. The van der Waals surface area contributed by atoms with Crippen LogP contribution in [0.1, 0.15) is 18.9 Å². The number of fused-ring (bicyclic) bond motifs is 1. The van der Waals surface area contributed by atoms with E-state index >= 15 is 0 Å². The third-order valence-corrected chi connectivity index (χ3v) is 6.15. The first-order valence-corrected chi connectivity index (χ1v) is 10.0. The van der Waals surface area contributed by atoms with E-state index in [0.717, 1.165) is 33.5 Å². The number of ether oxygens (including phenoxy) is 1. The second kappa shape index (κ2) is 6.69. The molecule has 2 atom stereocenters. The predicted octanol–water partition coefficient (Wildman–Crippen LogP) is 5.19. The lowest BCUT2D eigenvalue weighted by molar-refractivity contribution is -0.274. The van der Waals surface area contributed by atoms with Gasteiger partial charge in [-0.25, -0.2) is 9.69 Å². The summed E-state index contributed by atoms with van der Waals surface area (Å²) < 4.78 is 41.3. The molecule has 9 heteroatoms. The number of hydrogen-bond donors (Lipinski definition) is 0. The first kappa shape index (κ1) is 20.3. The van der Waals surface area contributed by atoms with Gasteiger partial charge >= 0.3 is 12.4 Å². The van der Waals surface area contributed by atoms with Gasteiger partial charge in [-0.1, -0.05) is 25.1 Å². The standard InChI is InChI=1S/C23H18F3N3O3/c1-13-4-3-5-17-18(10-11-27-19(13)17)29-21(31)28(20(30)22(29)12-14(22)2)15-6-8-16(9-7-15)32-23(24,25)26/h3-11,14H,12H2,1-2H3. The van der Waals surface area contributed by atoms with Gasteiger partial charge in [-0.15, -0.1) is 13.2 Å². The Bertz CT molecular complexity index is 1260. The number of aryl methyl sites for hydroxylation is 1. The number of carbonyl (C=O) groups excluding carboxylic acids is 2. The third-order valence-electron chi connectivity index (χ3n) is 6.15. The SMILES string of the molecule is Cc1cccc2c(N3C(=O)N(c4ccc(OC(F)(F)F)cc4)C(=O)C34CC4C)ccnc12. The lowest BCUT2D eigenvalue weighted by atomic mass is 10.1. The number of hydrogen-bond acceptors (Lipinski definition) is 4. The highest BCUT2D eigenvalue weighted by Crippen LogP contribution is 2.56. The molecule has 2 fully saturated rings. The molecule has 2 aliphatic rings. The van der Waals surface area contributed by atoms with Crippen LogP contribution in [0.5, 0.6) is 5.75 Å². The number of halogens is 3. The first-order valence-electron chi connectivity index (χ1n) is 10.0. The second-order valence-electron chi connectivity index (χ2n) is 8.13. The Labute approximate surface area is 181 Å². The Kier molecular flexibility index (Phi) is 4.24. The van der Waals surface area contributed by atoms with Gasteiger partial charge < -0.3 is 4.74 Å². The van der Waals surface area contributed by atoms with Crippen molar-refractivity contribution in [2.24, 2.45) is 5.92 Å². The highest BCUT2D eigenvalue weighted by Gasteiger charge is 2.70. The molecule has 0 N–H and O–H groups in total. The maximum Gasteiger partial charge on any atom is 0.573 e. The van der Waals surface area contributed by atoms with E-state index in [1.54, 1.807) is 12.3 Å². The number of alkyl halides is 3. The molecule has 1 aliphatic heterocycles. The van der Waals surface area contributed by atoms with Crippen molar-refractivity contribution < 1.29 is 27.5 Å². The number of imide groups is 1.